The molecule has 4 rings (SSSR count). The number of amides is 1. The van der Waals surface area contributed by atoms with E-state index in [2.05, 4.69) is 9.98 Å². The molecule has 2 aliphatic rings. The number of nitrogens with zero attached hydrogens (tertiary/aromatic N) is 3. The fourth-order valence-electron chi connectivity index (χ4n) is 2.99. The summed E-state index contributed by atoms with van der Waals surface area (Å²) in [5.74, 6) is 0.0853. The molecule has 0 aliphatic carbocycles. The van der Waals surface area contributed by atoms with Crippen LogP contribution in [0, 0.1) is 5.82 Å². The number of benzene rings is 1. The summed E-state index contributed by atoms with van der Waals surface area (Å²) < 4.78 is 24.3. The molecule has 2 atom stereocenters. The molecule has 2 aromatic rings. The Morgan fingerprint density at radius 3 is 2.72 bits per heavy atom. The zero-order valence-electron chi connectivity index (χ0n) is 13.5. The summed E-state index contributed by atoms with van der Waals surface area (Å²) in [6, 6.07) is 5.77. The first-order valence-corrected chi connectivity index (χ1v) is 8.41. The molecule has 1 aromatic carbocycles. The molecule has 25 heavy (non-hydrogen) atoms. The van der Waals surface area contributed by atoms with Crippen molar-refractivity contribution in [2.24, 2.45) is 4.99 Å². The van der Waals surface area contributed by atoms with Gasteiger partial charge in [-0.2, -0.15) is 0 Å². The van der Waals surface area contributed by atoms with E-state index in [1.54, 1.807) is 25.4 Å². The molecule has 6 nitrogen and oxygen atoms in total. The fraction of sp³-hybridized carbons (Fsp3) is 0.235. The van der Waals surface area contributed by atoms with Crippen molar-refractivity contribution in [3.63, 3.8) is 0 Å². The smallest absolute Gasteiger partial charge is 0.248 e. The lowest BCUT2D eigenvalue weighted by molar-refractivity contribution is -0.117. The summed E-state index contributed by atoms with van der Waals surface area (Å²) in [6.45, 7) is 0. The predicted octanol–water partition coefficient (Wildman–Crippen LogP) is 2.83. The fourth-order valence-corrected chi connectivity index (χ4v) is 4.25. The van der Waals surface area contributed by atoms with Crippen molar-refractivity contribution in [1.82, 2.24) is 4.98 Å². The third-order valence-electron chi connectivity index (χ3n) is 4.19. The van der Waals surface area contributed by atoms with Crippen molar-refractivity contribution < 1.29 is 18.7 Å². The van der Waals surface area contributed by atoms with E-state index in [4.69, 9.17) is 9.47 Å². The quantitative estimate of drug-likeness (QED) is 0.843. The van der Waals surface area contributed by atoms with Crippen LogP contribution < -0.4 is 14.4 Å². The van der Waals surface area contributed by atoms with E-state index in [9.17, 15) is 9.18 Å². The number of methoxy groups -OCH3 is 2. The van der Waals surface area contributed by atoms with Crippen molar-refractivity contribution >= 4 is 29.7 Å². The van der Waals surface area contributed by atoms with E-state index in [0.29, 0.717) is 11.4 Å². The highest BCUT2D eigenvalue weighted by molar-refractivity contribution is 8.01. The Hall–Kier alpha value is -2.61. The van der Waals surface area contributed by atoms with E-state index in [0.717, 1.165) is 10.6 Å². The Balaban J connectivity index is 1.70. The van der Waals surface area contributed by atoms with Crippen molar-refractivity contribution in [2.45, 2.75) is 16.3 Å². The summed E-state index contributed by atoms with van der Waals surface area (Å²) >= 11 is 1.35. The zero-order valence-corrected chi connectivity index (χ0v) is 14.3. The van der Waals surface area contributed by atoms with Gasteiger partial charge in [-0.25, -0.2) is 9.37 Å². The topological polar surface area (TPSA) is 64.0 Å². The largest absolute Gasteiger partial charge is 0.496 e. The Kier molecular flexibility index (Phi) is 3.84. The molecule has 0 saturated carbocycles. The van der Waals surface area contributed by atoms with Crippen LogP contribution in [0.25, 0.3) is 0 Å². The second kappa shape index (κ2) is 6.03. The Bertz CT molecular complexity index is 889. The van der Waals surface area contributed by atoms with Gasteiger partial charge in [-0.3, -0.25) is 14.7 Å². The van der Waals surface area contributed by atoms with Crippen LogP contribution in [0.5, 0.6) is 11.5 Å². The van der Waals surface area contributed by atoms with Crippen LogP contribution in [0.1, 0.15) is 11.6 Å². The molecule has 0 spiro atoms. The summed E-state index contributed by atoms with van der Waals surface area (Å²) in [5, 5.41) is 0.288. The number of pyridine rings is 1. The summed E-state index contributed by atoms with van der Waals surface area (Å²) in [6.07, 6.45) is 3.08. The molecule has 3 heterocycles. The number of carbonyl (C=O) groups excluding carboxylic acids is 1. The highest BCUT2D eigenvalue weighted by Crippen LogP contribution is 2.50. The van der Waals surface area contributed by atoms with Crippen molar-refractivity contribution in [3.8, 4) is 11.5 Å². The molecule has 0 bridgehead atoms. The van der Waals surface area contributed by atoms with E-state index < -0.39 is 11.1 Å². The van der Waals surface area contributed by atoms with Crippen LogP contribution in [0.15, 0.2) is 40.5 Å². The maximum atomic E-state index is 14.0. The number of fused-ring (bicyclic) bond motifs is 3. The number of hydrogen-bond acceptors (Lipinski definition) is 6. The molecule has 0 radical (unpaired) electrons. The normalized spacial score (nSPS) is 21.1. The molecule has 128 valence electrons. The van der Waals surface area contributed by atoms with E-state index in [1.165, 1.54) is 42.2 Å². The van der Waals surface area contributed by atoms with Gasteiger partial charge in [0.15, 0.2) is 11.6 Å². The van der Waals surface area contributed by atoms with Crippen LogP contribution in [0.4, 0.5) is 10.1 Å². The Labute approximate surface area is 147 Å². The molecule has 1 aromatic heterocycles. The monoisotopic (exact) mass is 359 g/mol. The maximum absolute atomic E-state index is 14.0. The van der Waals surface area contributed by atoms with Gasteiger partial charge in [0.05, 0.1) is 31.8 Å². The molecule has 2 unspecified atom stereocenters. The van der Waals surface area contributed by atoms with Crippen molar-refractivity contribution in [1.29, 1.82) is 0 Å². The molecule has 1 amide bonds. The highest BCUT2D eigenvalue weighted by atomic mass is 32.2. The average Bonchev–Trinajstić information content (AvgIpc) is 3.02. The molecule has 0 N–H and O–H groups in total. The third kappa shape index (κ3) is 2.44. The van der Waals surface area contributed by atoms with Gasteiger partial charge in [-0.1, -0.05) is 11.8 Å². The molecular formula is C17H14FN3O3S. The number of ether oxygens (including phenoxy) is 2. The average molecular weight is 359 g/mol. The van der Waals surface area contributed by atoms with Gasteiger partial charge in [0.2, 0.25) is 5.91 Å². The minimum absolute atomic E-state index is 0.125. The number of thioether (sulfide) groups is 1. The molecule has 0 fully saturated rings. The minimum atomic E-state index is -0.533. The Morgan fingerprint density at radius 1 is 1.20 bits per heavy atom. The number of aromatic nitrogens is 1. The van der Waals surface area contributed by atoms with Crippen LogP contribution in [-0.2, 0) is 4.79 Å². The van der Waals surface area contributed by atoms with E-state index >= 15 is 0 Å². The van der Waals surface area contributed by atoms with Crippen LogP contribution in [0.2, 0.25) is 0 Å². The number of halogens is 1. The number of aliphatic imine (C=N–C) groups is 1. The second-order valence-corrected chi connectivity index (χ2v) is 6.64. The van der Waals surface area contributed by atoms with E-state index in [1.807, 2.05) is 0 Å². The third-order valence-corrected chi connectivity index (χ3v) is 5.45. The van der Waals surface area contributed by atoms with Gasteiger partial charge in [0.1, 0.15) is 22.1 Å². The van der Waals surface area contributed by atoms with Crippen molar-refractivity contribution in [3.05, 3.63) is 41.8 Å². The summed E-state index contributed by atoms with van der Waals surface area (Å²) in [4.78, 5) is 23.1. The van der Waals surface area contributed by atoms with Crippen molar-refractivity contribution in [2.75, 3.05) is 19.1 Å². The number of anilines is 1. The number of carbonyl (C=O) groups is 1. The first kappa shape index (κ1) is 15.9. The molecule has 8 heteroatoms. The predicted molar refractivity (Wildman–Crippen MR) is 92.1 cm³/mol. The van der Waals surface area contributed by atoms with E-state index in [-0.39, 0.29) is 17.7 Å². The summed E-state index contributed by atoms with van der Waals surface area (Å²) in [5.41, 5.74) is 1.23. The van der Waals surface area contributed by atoms with Crippen LogP contribution in [-0.4, -0.2) is 36.7 Å². The highest BCUT2D eigenvalue weighted by Gasteiger charge is 2.45. The molecular weight excluding hydrogens is 345 g/mol. The lowest BCUT2D eigenvalue weighted by atomic mass is 10.0. The zero-order chi connectivity index (χ0) is 17.6. The van der Waals surface area contributed by atoms with Gasteiger partial charge < -0.3 is 9.47 Å². The van der Waals surface area contributed by atoms with Gasteiger partial charge in [-0.15, -0.1) is 0 Å². The Morgan fingerprint density at radius 2 is 2.00 bits per heavy atom. The molecule has 0 saturated heterocycles. The first-order chi connectivity index (χ1) is 12.1. The van der Waals surface area contributed by atoms with Gasteiger partial charge in [0.25, 0.3) is 0 Å². The first-order valence-electron chi connectivity index (χ1n) is 7.53. The SMILES string of the molecule is COc1ccc(N2C=NC3c4c(OC)ccnc4SC3C2=O)cc1F. The summed E-state index contributed by atoms with van der Waals surface area (Å²) in [7, 11) is 2.97. The number of hydrogen-bond donors (Lipinski definition) is 0. The van der Waals surface area contributed by atoms with Crippen LogP contribution >= 0.6 is 11.8 Å². The second-order valence-electron chi connectivity index (χ2n) is 5.51. The minimum Gasteiger partial charge on any atom is -0.496 e. The maximum Gasteiger partial charge on any atom is 0.248 e. The van der Waals surface area contributed by atoms with Crippen LogP contribution in [0.3, 0.4) is 0 Å². The van der Waals surface area contributed by atoms with Gasteiger partial charge >= 0.3 is 0 Å². The lowest BCUT2D eigenvalue weighted by Crippen LogP contribution is -2.42. The van der Waals surface area contributed by atoms with Gasteiger partial charge in [-0.05, 0) is 18.2 Å². The standard InChI is InChI=1S/C17H14FN3O3S/c1-23-11-4-3-9(7-10(11)18)21-8-20-14-13-12(24-2)5-6-19-16(13)25-15(14)17(21)22/h3-8,14-15H,1-2H3. The number of rotatable bonds is 3. The lowest BCUT2D eigenvalue weighted by Gasteiger charge is -2.28. The van der Waals surface area contributed by atoms with Gasteiger partial charge in [0, 0.05) is 12.3 Å². The molecule has 2 aliphatic heterocycles.